The molecule has 5 heteroatoms. The zero-order valence-corrected chi connectivity index (χ0v) is 14.1. The Morgan fingerprint density at radius 1 is 1.17 bits per heavy atom. The first kappa shape index (κ1) is 15.7. The van der Waals surface area contributed by atoms with Gasteiger partial charge in [-0.3, -0.25) is 9.78 Å². The van der Waals surface area contributed by atoms with Crippen molar-refractivity contribution < 1.29 is 0 Å². The fourth-order valence-electron chi connectivity index (χ4n) is 3.08. The van der Waals surface area contributed by atoms with E-state index in [0.717, 1.165) is 25.1 Å². The molecule has 23 heavy (non-hydrogen) atoms. The van der Waals surface area contributed by atoms with Gasteiger partial charge in [0.05, 0.1) is 12.2 Å². The van der Waals surface area contributed by atoms with Crippen LogP contribution in [-0.2, 0) is 12.0 Å². The van der Waals surface area contributed by atoms with E-state index < -0.39 is 0 Å². The Labute approximate surface area is 137 Å². The molecule has 1 aliphatic rings. The maximum Gasteiger partial charge on any atom is 0.266 e. The molecule has 0 amide bonds. The van der Waals surface area contributed by atoms with E-state index in [1.165, 1.54) is 5.69 Å². The van der Waals surface area contributed by atoms with E-state index in [4.69, 9.17) is 0 Å². The minimum Gasteiger partial charge on any atom is -0.367 e. The van der Waals surface area contributed by atoms with Crippen LogP contribution in [0.3, 0.4) is 0 Å². The second kappa shape index (κ2) is 6.14. The summed E-state index contributed by atoms with van der Waals surface area (Å²) < 4.78 is 1.63. The second-order valence-corrected chi connectivity index (χ2v) is 7.18. The topological polar surface area (TPSA) is 51.0 Å². The molecule has 2 aromatic rings. The van der Waals surface area contributed by atoms with Gasteiger partial charge in [-0.2, -0.15) is 5.10 Å². The lowest BCUT2D eigenvalue weighted by Gasteiger charge is -2.27. The Balaban J connectivity index is 1.85. The number of hydrogen-bond acceptors (Lipinski definition) is 4. The molecular weight excluding hydrogens is 288 g/mol. The van der Waals surface area contributed by atoms with Crippen LogP contribution in [0.2, 0.25) is 0 Å². The molecule has 1 atom stereocenters. The van der Waals surface area contributed by atoms with Crippen molar-refractivity contribution in [3.8, 4) is 0 Å². The standard InChI is InChI=1S/C18H24N4O/c1-18(2,3)16-6-7-17(23)22(20-16)13-15-5-4-12-21(15)14-8-10-19-11-9-14/h6-11,15H,4-5,12-13H2,1-3H3. The molecule has 3 heterocycles. The molecule has 0 bridgehead atoms. The lowest BCUT2D eigenvalue weighted by molar-refractivity contribution is 0.457. The van der Waals surface area contributed by atoms with Gasteiger partial charge in [0.15, 0.2) is 0 Å². The summed E-state index contributed by atoms with van der Waals surface area (Å²) in [6.45, 7) is 7.99. The van der Waals surface area contributed by atoms with Gasteiger partial charge in [0.25, 0.3) is 5.56 Å². The highest BCUT2D eigenvalue weighted by Gasteiger charge is 2.26. The van der Waals surface area contributed by atoms with Crippen LogP contribution in [0.15, 0.2) is 41.5 Å². The van der Waals surface area contributed by atoms with Crippen molar-refractivity contribution in [1.29, 1.82) is 0 Å². The second-order valence-electron chi connectivity index (χ2n) is 7.18. The fourth-order valence-corrected chi connectivity index (χ4v) is 3.08. The molecule has 1 unspecified atom stereocenters. The van der Waals surface area contributed by atoms with Crippen molar-refractivity contribution in [3.63, 3.8) is 0 Å². The van der Waals surface area contributed by atoms with Crippen LogP contribution in [0.1, 0.15) is 39.3 Å². The number of pyridine rings is 1. The average molecular weight is 312 g/mol. The van der Waals surface area contributed by atoms with Gasteiger partial charge in [0, 0.05) is 42.1 Å². The van der Waals surface area contributed by atoms with Crippen LogP contribution in [0.4, 0.5) is 5.69 Å². The molecule has 3 rings (SSSR count). The third kappa shape index (κ3) is 3.44. The number of nitrogens with zero attached hydrogens (tertiary/aromatic N) is 4. The molecule has 122 valence electrons. The van der Waals surface area contributed by atoms with Gasteiger partial charge >= 0.3 is 0 Å². The molecular formula is C18H24N4O. The van der Waals surface area contributed by atoms with Gasteiger partial charge in [-0.15, -0.1) is 0 Å². The number of aromatic nitrogens is 3. The van der Waals surface area contributed by atoms with E-state index >= 15 is 0 Å². The van der Waals surface area contributed by atoms with E-state index in [0.29, 0.717) is 12.6 Å². The smallest absolute Gasteiger partial charge is 0.266 e. The number of hydrogen-bond donors (Lipinski definition) is 0. The van der Waals surface area contributed by atoms with E-state index in [9.17, 15) is 4.79 Å². The van der Waals surface area contributed by atoms with Gasteiger partial charge < -0.3 is 4.90 Å². The van der Waals surface area contributed by atoms with Crippen LogP contribution >= 0.6 is 0 Å². The number of rotatable bonds is 3. The highest BCUT2D eigenvalue weighted by atomic mass is 16.1. The maximum absolute atomic E-state index is 12.2. The van der Waals surface area contributed by atoms with Gasteiger partial charge in [-0.1, -0.05) is 20.8 Å². The first-order valence-corrected chi connectivity index (χ1v) is 8.20. The summed E-state index contributed by atoms with van der Waals surface area (Å²) in [6, 6.07) is 7.84. The summed E-state index contributed by atoms with van der Waals surface area (Å²) >= 11 is 0. The van der Waals surface area contributed by atoms with Gasteiger partial charge in [-0.05, 0) is 31.0 Å². The van der Waals surface area contributed by atoms with Crippen LogP contribution in [0.25, 0.3) is 0 Å². The molecule has 0 spiro atoms. The summed E-state index contributed by atoms with van der Waals surface area (Å²) in [6.07, 6.45) is 5.85. The van der Waals surface area contributed by atoms with Crippen molar-refractivity contribution in [2.45, 2.75) is 51.6 Å². The molecule has 1 saturated heterocycles. The van der Waals surface area contributed by atoms with E-state index in [1.54, 1.807) is 10.7 Å². The van der Waals surface area contributed by atoms with Crippen molar-refractivity contribution in [1.82, 2.24) is 14.8 Å². The molecule has 1 fully saturated rings. The minimum atomic E-state index is -0.0596. The van der Waals surface area contributed by atoms with Gasteiger partial charge in [0.2, 0.25) is 0 Å². The van der Waals surface area contributed by atoms with Gasteiger partial charge in [-0.25, -0.2) is 4.68 Å². The summed E-state index contributed by atoms with van der Waals surface area (Å²) in [5.41, 5.74) is 2.03. The Kier molecular flexibility index (Phi) is 4.20. The normalized spacial score (nSPS) is 18.4. The first-order valence-electron chi connectivity index (χ1n) is 8.20. The predicted octanol–water partition coefficient (Wildman–Crippen LogP) is 2.60. The molecule has 2 aromatic heterocycles. The van der Waals surface area contributed by atoms with Gasteiger partial charge in [0.1, 0.15) is 0 Å². The minimum absolute atomic E-state index is 0.0282. The maximum atomic E-state index is 12.2. The molecule has 0 N–H and O–H groups in total. The molecule has 0 radical (unpaired) electrons. The largest absolute Gasteiger partial charge is 0.367 e. The Bertz CT molecular complexity index is 718. The lowest BCUT2D eigenvalue weighted by Crippen LogP contribution is -2.37. The Morgan fingerprint density at radius 3 is 2.61 bits per heavy atom. The summed E-state index contributed by atoms with van der Waals surface area (Å²) in [7, 11) is 0. The monoisotopic (exact) mass is 312 g/mol. The van der Waals surface area contributed by atoms with Crippen molar-refractivity contribution in [2.24, 2.45) is 0 Å². The molecule has 0 saturated carbocycles. The van der Waals surface area contributed by atoms with Crippen LogP contribution < -0.4 is 10.5 Å². The highest BCUT2D eigenvalue weighted by molar-refractivity contribution is 5.46. The number of anilines is 1. The molecule has 1 aliphatic heterocycles. The lowest BCUT2D eigenvalue weighted by atomic mass is 9.92. The van der Waals surface area contributed by atoms with E-state index in [2.05, 4.69) is 35.8 Å². The fraction of sp³-hybridized carbons (Fsp3) is 0.500. The average Bonchev–Trinajstić information content (AvgIpc) is 2.97. The molecule has 0 aromatic carbocycles. The third-order valence-electron chi connectivity index (χ3n) is 4.39. The predicted molar refractivity (Wildman–Crippen MR) is 91.8 cm³/mol. The molecule has 5 nitrogen and oxygen atoms in total. The first-order chi connectivity index (χ1) is 10.9. The third-order valence-corrected chi connectivity index (χ3v) is 4.39. The summed E-state index contributed by atoms with van der Waals surface area (Å²) in [4.78, 5) is 18.6. The van der Waals surface area contributed by atoms with Crippen molar-refractivity contribution >= 4 is 5.69 Å². The zero-order valence-electron chi connectivity index (χ0n) is 14.1. The quantitative estimate of drug-likeness (QED) is 0.874. The summed E-state index contributed by atoms with van der Waals surface area (Å²) in [5, 5.41) is 4.60. The van der Waals surface area contributed by atoms with Crippen molar-refractivity contribution in [2.75, 3.05) is 11.4 Å². The Morgan fingerprint density at radius 2 is 1.91 bits per heavy atom. The summed E-state index contributed by atoms with van der Waals surface area (Å²) in [5.74, 6) is 0. The molecule has 0 aliphatic carbocycles. The SMILES string of the molecule is CC(C)(C)c1ccc(=O)n(CC2CCCN2c2ccncc2)n1. The highest BCUT2D eigenvalue weighted by Crippen LogP contribution is 2.25. The zero-order chi connectivity index (χ0) is 16.4. The van der Waals surface area contributed by atoms with E-state index in [1.807, 2.05) is 30.6 Å². The van der Waals surface area contributed by atoms with Crippen LogP contribution in [0, 0.1) is 0 Å². The van der Waals surface area contributed by atoms with Crippen LogP contribution in [-0.4, -0.2) is 27.4 Å². The Hall–Kier alpha value is -2.17. The van der Waals surface area contributed by atoms with E-state index in [-0.39, 0.29) is 11.0 Å². The van der Waals surface area contributed by atoms with Crippen LogP contribution in [0.5, 0.6) is 0 Å². The van der Waals surface area contributed by atoms with Crippen molar-refractivity contribution in [3.05, 3.63) is 52.7 Å².